The lowest BCUT2D eigenvalue weighted by Crippen LogP contribution is -2.33. The van der Waals surface area contributed by atoms with Crippen LogP contribution >= 0.6 is 0 Å². The highest BCUT2D eigenvalue weighted by molar-refractivity contribution is 5.97. The van der Waals surface area contributed by atoms with Crippen LogP contribution in [0.15, 0.2) is 63.9 Å². The van der Waals surface area contributed by atoms with Crippen LogP contribution in [-0.4, -0.2) is 20.8 Å². The van der Waals surface area contributed by atoms with Gasteiger partial charge in [0, 0.05) is 5.56 Å². The highest BCUT2D eigenvalue weighted by atomic mass is 16.7. The maximum atomic E-state index is 12.8. The van der Waals surface area contributed by atoms with Crippen LogP contribution < -0.4 is 10.4 Å². The molecule has 0 amide bonds. The summed E-state index contributed by atoms with van der Waals surface area (Å²) in [5.41, 5.74) is 1.32. The van der Waals surface area contributed by atoms with Gasteiger partial charge < -0.3 is 9.36 Å². The second-order valence-electron chi connectivity index (χ2n) is 5.98. The third-order valence-corrected chi connectivity index (χ3v) is 4.18. The van der Waals surface area contributed by atoms with E-state index < -0.39 is 11.5 Å². The Bertz CT molecular complexity index is 1210. The first kappa shape index (κ1) is 16.7. The molecule has 0 saturated heterocycles. The van der Waals surface area contributed by atoms with Crippen LogP contribution in [0.1, 0.15) is 21.9 Å². The van der Waals surface area contributed by atoms with E-state index in [4.69, 9.17) is 9.36 Å². The van der Waals surface area contributed by atoms with Crippen molar-refractivity contribution in [3.8, 4) is 11.3 Å². The first-order chi connectivity index (χ1) is 13.1. The monoisotopic (exact) mass is 361 g/mol. The Hall–Kier alpha value is -3.74. The van der Waals surface area contributed by atoms with Crippen molar-refractivity contribution in [3.63, 3.8) is 0 Å². The van der Waals surface area contributed by atoms with Crippen LogP contribution in [0.4, 0.5) is 0 Å². The lowest BCUT2D eigenvalue weighted by molar-refractivity contribution is 0.0427. The Kier molecular flexibility index (Phi) is 4.04. The van der Waals surface area contributed by atoms with Gasteiger partial charge in [0.25, 0.3) is 5.56 Å². The van der Waals surface area contributed by atoms with Crippen molar-refractivity contribution in [2.45, 2.75) is 13.8 Å². The van der Waals surface area contributed by atoms with Crippen LogP contribution in [0.25, 0.3) is 22.2 Å². The lowest BCUT2D eigenvalue weighted by Gasteiger charge is -2.10. The molecule has 7 heteroatoms. The fraction of sp³-hybridized carbons (Fsp3) is 0.100. The molecule has 134 valence electrons. The number of fused-ring (bicyclic) bond motifs is 1. The second-order valence-corrected chi connectivity index (χ2v) is 5.98. The number of rotatable bonds is 3. The molecule has 0 atom stereocenters. The zero-order valence-corrected chi connectivity index (χ0v) is 14.7. The maximum Gasteiger partial charge on any atom is 0.369 e. The third kappa shape index (κ3) is 2.89. The van der Waals surface area contributed by atoms with Gasteiger partial charge in [-0.15, -0.1) is 4.73 Å². The van der Waals surface area contributed by atoms with Gasteiger partial charge in [-0.25, -0.2) is 9.78 Å². The molecule has 4 aromatic rings. The molecular weight excluding hydrogens is 346 g/mol. The molecule has 7 nitrogen and oxygen atoms in total. The fourth-order valence-corrected chi connectivity index (χ4v) is 2.87. The van der Waals surface area contributed by atoms with Gasteiger partial charge in [-0.3, -0.25) is 4.79 Å². The summed E-state index contributed by atoms with van der Waals surface area (Å²) in [5, 5.41) is 4.33. The van der Waals surface area contributed by atoms with Crippen LogP contribution in [-0.2, 0) is 0 Å². The first-order valence-electron chi connectivity index (χ1n) is 8.29. The van der Waals surface area contributed by atoms with Gasteiger partial charge in [-0.1, -0.05) is 47.6 Å². The zero-order chi connectivity index (χ0) is 19.0. The van der Waals surface area contributed by atoms with Crippen molar-refractivity contribution in [1.29, 1.82) is 0 Å². The Morgan fingerprint density at radius 2 is 1.74 bits per heavy atom. The number of hydrogen-bond acceptors (Lipinski definition) is 6. The summed E-state index contributed by atoms with van der Waals surface area (Å²) in [7, 11) is 0. The summed E-state index contributed by atoms with van der Waals surface area (Å²) in [6.07, 6.45) is 0. The van der Waals surface area contributed by atoms with Gasteiger partial charge in [0.05, 0.1) is 10.9 Å². The predicted molar refractivity (Wildman–Crippen MR) is 98.3 cm³/mol. The third-order valence-electron chi connectivity index (χ3n) is 4.18. The van der Waals surface area contributed by atoms with E-state index in [9.17, 15) is 9.59 Å². The molecule has 2 heterocycles. The largest absolute Gasteiger partial charge is 0.369 e. The number of benzene rings is 2. The van der Waals surface area contributed by atoms with Crippen LogP contribution in [0.2, 0.25) is 0 Å². The highest BCUT2D eigenvalue weighted by Gasteiger charge is 2.25. The SMILES string of the molecule is Cc1onc(-c2ccccc2)c1C(=O)On1c(C)nc2ccccc2c1=O. The molecule has 0 spiro atoms. The minimum atomic E-state index is -0.741. The summed E-state index contributed by atoms with van der Waals surface area (Å²) in [6.45, 7) is 3.21. The Balaban J connectivity index is 1.78. The molecule has 0 saturated carbocycles. The molecule has 0 unspecified atom stereocenters. The lowest BCUT2D eigenvalue weighted by atomic mass is 10.1. The van der Waals surface area contributed by atoms with Crippen LogP contribution in [0.3, 0.4) is 0 Å². The van der Waals surface area contributed by atoms with Gasteiger partial charge in [0.15, 0.2) is 0 Å². The number of aromatic nitrogens is 3. The molecule has 0 radical (unpaired) electrons. The van der Waals surface area contributed by atoms with Gasteiger partial charge in [0.1, 0.15) is 22.8 Å². The van der Waals surface area contributed by atoms with Crippen molar-refractivity contribution in [3.05, 3.63) is 82.1 Å². The Morgan fingerprint density at radius 1 is 1.04 bits per heavy atom. The predicted octanol–water partition coefficient (Wildman–Crippen LogP) is 2.94. The average Bonchev–Trinajstić information content (AvgIpc) is 3.07. The summed E-state index contributed by atoms with van der Waals surface area (Å²) in [5.74, 6) is -0.171. The van der Waals surface area contributed by atoms with E-state index in [1.54, 1.807) is 38.1 Å². The molecule has 0 N–H and O–H groups in total. The van der Waals surface area contributed by atoms with E-state index in [2.05, 4.69) is 10.1 Å². The molecule has 0 bridgehead atoms. The van der Waals surface area contributed by atoms with Crippen molar-refractivity contribution >= 4 is 16.9 Å². The van der Waals surface area contributed by atoms with Crippen molar-refractivity contribution < 1.29 is 14.2 Å². The molecule has 27 heavy (non-hydrogen) atoms. The molecule has 2 aromatic heterocycles. The van der Waals surface area contributed by atoms with Crippen molar-refractivity contribution in [1.82, 2.24) is 14.9 Å². The van der Waals surface area contributed by atoms with E-state index in [0.29, 0.717) is 27.9 Å². The zero-order valence-electron chi connectivity index (χ0n) is 14.7. The summed E-state index contributed by atoms with van der Waals surface area (Å²) in [6, 6.07) is 16.0. The molecule has 0 fully saturated rings. The van der Waals surface area contributed by atoms with Gasteiger partial charge in [0.2, 0.25) is 0 Å². The summed E-state index contributed by atoms with van der Waals surface area (Å²) in [4.78, 5) is 35.2. The van der Waals surface area contributed by atoms with E-state index in [-0.39, 0.29) is 11.4 Å². The van der Waals surface area contributed by atoms with Gasteiger partial charge in [-0.2, -0.15) is 0 Å². The summed E-state index contributed by atoms with van der Waals surface area (Å²) >= 11 is 0. The van der Waals surface area contributed by atoms with E-state index in [1.165, 1.54) is 0 Å². The summed E-state index contributed by atoms with van der Waals surface area (Å²) < 4.78 is 6.08. The van der Waals surface area contributed by atoms with Crippen LogP contribution in [0, 0.1) is 13.8 Å². The number of aryl methyl sites for hydroxylation is 2. The Labute approximate surface area is 153 Å². The highest BCUT2D eigenvalue weighted by Crippen LogP contribution is 2.25. The minimum Gasteiger partial charge on any atom is -0.360 e. The molecule has 2 aromatic carbocycles. The maximum absolute atomic E-state index is 12.8. The van der Waals surface area contributed by atoms with Crippen molar-refractivity contribution in [2.24, 2.45) is 0 Å². The molecule has 0 aliphatic heterocycles. The number of nitrogens with zero attached hydrogens (tertiary/aromatic N) is 3. The van der Waals surface area contributed by atoms with E-state index in [0.717, 1.165) is 4.73 Å². The standard InChI is InChI=1S/C20H15N3O4/c1-12-17(18(22-26-12)14-8-4-3-5-9-14)20(25)27-23-13(2)21-16-11-7-6-10-15(16)19(23)24/h3-11H,1-2H3. The smallest absolute Gasteiger partial charge is 0.360 e. The molecule has 0 aliphatic carbocycles. The van der Waals surface area contributed by atoms with E-state index in [1.807, 2.05) is 30.3 Å². The normalized spacial score (nSPS) is 10.9. The average molecular weight is 361 g/mol. The number of hydrogen-bond donors (Lipinski definition) is 0. The topological polar surface area (TPSA) is 87.2 Å². The van der Waals surface area contributed by atoms with E-state index >= 15 is 0 Å². The number of para-hydroxylation sites is 1. The molecular formula is C20H15N3O4. The number of carbonyl (C=O) groups excluding carboxylic acids is 1. The molecule has 4 rings (SSSR count). The first-order valence-corrected chi connectivity index (χ1v) is 8.29. The quantitative estimate of drug-likeness (QED) is 0.558. The fourth-order valence-electron chi connectivity index (χ4n) is 2.87. The van der Waals surface area contributed by atoms with Gasteiger partial charge in [-0.05, 0) is 26.0 Å². The van der Waals surface area contributed by atoms with Crippen LogP contribution in [0.5, 0.6) is 0 Å². The molecule has 0 aliphatic rings. The van der Waals surface area contributed by atoms with Crippen molar-refractivity contribution in [2.75, 3.05) is 0 Å². The Morgan fingerprint density at radius 3 is 2.52 bits per heavy atom. The minimum absolute atomic E-state index is 0.167. The second kappa shape index (κ2) is 6.53. The number of carbonyl (C=O) groups is 1. The van der Waals surface area contributed by atoms with Gasteiger partial charge >= 0.3 is 5.97 Å².